The molecular formula is C16H25N5. The van der Waals surface area contributed by atoms with Gasteiger partial charge in [0.05, 0.1) is 5.69 Å². The fourth-order valence-electron chi connectivity index (χ4n) is 2.08. The largest absolute Gasteiger partial charge is 0.312 e. The Morgan fingerprint density at radius 3 is 2.33 bits per heavy atom. The second kappa shape index (κ2) is 5.93. The van der Waals surface area contributed by atoms with Crippen LogP contribution in [-0.4, -0.2) is 32.3 Å². The van der Waals surface area contributed by atoms with E-state index in [1.54, 1.807) is 0 Å². The van der Waals surface area contributed by atoms with Crippen LogP contribution in [0.5, 0.6) is 0 Å². The summed E-state index contributed by atoms with van der Waals surface area (Å²) in [4.78, 5) is 0. The van der Waals surface area contributed by atoms with Gasteiger partial charge in [-0.25, -0.2) is 0 Å². The fourth-order valence-corrected chi connectivity index (χ4v) is 2.08. The van der Waals surface area contributed by atoms with Crippen molar-refractivity contribution in [2.24, 2.45) is 5.41 Å². The minimum Gasteiger partial charge on any atom is -0.312 e. The van der Waals surface area contributed by atoms with Gasteiger partial charge in [0, 0.05) is 18.5 Å². The number of para-hydroxylation sites is 1. The molecule has 0 unspecified atom stereocenters. The molecular weight excluding hydrogens is 262 g/mol. The summed E-state index contributed by atoms with van der Waals surface area (Å²) in [5.41, 5.74) is 1.19. The number of tetrazole rings is 1. The van der Waals surface area contributed by atoms with Gasteiger partial charge >= 0.3 is 0 Å². The van der Waals surface area contributed by atoms with Crippen LogP contribution in [0.3, 0.4) is 0 Å². The molecule has 2 rings (SSSR count). The van der Waals surface area contributed by atoms with Gasteiger partial charge in [0.15, 0.2) is 5.82 Å². The highest BCUT2D eigenvalue weighted by Gasteiger charge is 2.24. The van der Waals surface area contributed by atoms with Crippen molar-refractivity contribution < 1.29 is 0 Å². The highest BCUT2D eigenvalue weighted by Crippen LogP contribution is 2.21. The zero-order valence-electron chi connectivity index (χ0n) is 13.6. The van der Waals surface area contributed by atoms with Crippen LogP contribution in [0.2, 0.25) is 0 Å². The molecule has 2 aromatic rings. The van der Waals surface area contributed by atoms with Crippen LogP contribution in [0.15, 0.2) is 30.3 Å². The third-order valence-corrected chi connectivity index (χ3v) is 3.27. The minimum atomic E-state index is 0.0779. The van der Waals surface area contributed by atoms with Crippen molar-refractivity contribution in [2.45, 2.75) is 46.6 Å². The van der Waals surface area contributed by atoms with Crippen LogP contribution >= 0.6 is 0 Å². The molecule has 5 heteroatoms. The summed E-state index contributed by atoms with van der Waals surface area (Å²) < 4.78 is 1.82. The van der Waals surface area contributed by atoms with Gasteiger partial charge < -0.3 is 5.32 Å². The zero-order valence-corrected chi connectivity index (χ0v) is 13.6. The number of nitrogens with zero attached hydrogens (tertiary/aromatic N) is 4. The number of aromatic nitrogens is 4. The molecule has 0 spiro atoms. The molecule has 0 amide bonds. The van der Waals surface area contributed by atoms with Crippen LogP contribution in [-0.2, 0) is 6.42 Å². The molecule has 114 valence electrons. The Kier molecular flexibility index (Phi) is 4.42. The Labute approximate surface area is 126 Å². The van der Waals surface area contributed by atoms with Gasteiger partial charge in [-0.2, -0.15) is 4.68 Å². The van der Waals surface area contributed by atoms with Crippen LogP contribution in [0, 0.1) is 5.41 Å². The van der Waals surface area contributed by atoms with E-state index in [9.17, 15) is 0 Å². The lowest BCUT2D eigenvalue weighted by Gasteiger charge is -2.30. The lowest BCUT2D eigenvalue weighted by molar-refractivity contribution is 0.283. The highest BCUT2D eigenvalue weighted by molar-refractivity contribution is 5.30. The summed E-state index contributed by atoms with van der Waals surface area (Å²) >= 11 is 0. The highest BCUT2D eigenvalue weighted by atomic mass is 15.5. The SMILES string of the molecule is CC(C)(CNC(C)(C)C)Cc1nnnn1-c1ccccc1. The average molecular weight is 287 g/mol. The summed E-state index contributed by atoms with van der Waals surface area (Å²) in [5.74, 6) is 0.891. The molecule has 0 bridgehead atoms. The Morgan fingerprint density at radius 1 is 1.05 bits per heavy atom. The molecule has 0 fully saturated rings. The number of nitrogens with one attached hydrogen (secondary N) is 1. The Morgan fingerprint density at radius 2 is 1.71 bits per heavy atom. The quantitative estimate of drug-likeness (QED) is 0.918. The maximum absolute atomic E-state index is 4.20. The van der Waals surface area contributed by atoms with Gasteiger partial charge in [-0.05, 0) is 48.7 Å². The predicted octanol–water partition coefficient (Wildman–Crippen LogP) is 2.62. The van der Waals surface area contributed by atoms with Gasteiger partial charge in [0.2, 0.25) is 0 Å². The van der Waals surface area contributed by atoms with E-state index >= 15 is 0 Å². The van der Waals surface area contributed by atoms with Crippen molar-refractivity contribution in [3.8, 4) is 5.69 Å². The molecule has 1 aromatic carbocycles. The molecule has 1 heterocycles. The lowest BCUT2D eigenvalue weighted by atomic mass is 9.88. The molecule has 0 saturated carbocycles. The minimum absolute atomic E-state index is 0.0779. The monoisotopic (exact) mass is 287 g/mol. The smallest absolute Gasteiger partial charge is 0.157 e. The summed E-state index contributed by atoms with van der Waals surface area (Å²) in [6, 6.07) is 10.0. The zero-order chi connectivity index (χ0) is 15.5. The van der Waals surface area contributed by atoms with E-state index in [-0.39, 0.29) is 11.0 Å². The normalized spacial score (nSPS) is 12.6. The molecule has 0 atom stereocenters. The second-order valence-corrected chi connectivity index (χ2v) is 7.29. The van der Waals surface area contributed by atoms with Crippen LogP contribution in [0.4, 0.5) is 0 Å². The Hall–Kier alpha value is -1.75. The van der Waals surface area contributed by atoms with Crippen molar-refractivity contribution in [3.63, 3.8) is 0 Å². The van der Waals surface area contributed by atoms with Crippen molar-refractivity contribution in [1.82, 2.24) is 25.5 Å². The van der Waals surface area contributed by atoms with E-state index in [0.29, 0.717) is 0 Å². The fraction of sp³-hybridized carbons (Fsp3) is 0.562. The van der Waals surface area contributed by atoms with E-state index < -0.39 is 0 Å². The molecule has 5 nitrogen and oxygen atoms in total. The topological polar surface area (TPSA) is 55.6 Å². The first-order valence-corrected chi connectivity index (χ1v) is 7.35. The summed E-state index contributed by atoms with van der Waals surface area (Å²) in [7, 11) is 0. The maximum Gasteiger partial charge on any atom is 0.157 e. The van der Waals surface area contributed by atoms with Gasteiger partial charge in [-0.15, -0.1) is 5.10 Å². The standard InChI is InChI=1S/C16H25N5/c1-15(2,3)17-12-16(4,5)11-14-18-19-20-21(14)13-9-7-6-8-10-13/h6-10,17H,11-12H2,1-5H3. The summed E-state index contributed by atoms with van der Waals surface area (Å²) in [6.07, 6.45) is 0.817. The lowest BCUT2D eigenvalue weighted by Crippen LogP contribution is -2.42. The van der Waals surface area contributed by atoms with Crippen molar-refractivity contribution >= 4 is 0 Å². The van der Waals surface area contributed by atoms with Crippen molar-refractivity contribution in [2.75, 3.05) is 6.54 Å². The third-order valence-electron chi connectivity index (χ3n) is 3.27. The number of hydrogen-bond acceptors (Lipinski definition) is 4. The first kappa shape index (κ1) is 15.6. The molecule has 1 N–H and O–H groups in total. The summed E-state index contributed by atoms with van der Waals surface area (Å²) in [6.45, 7) is 11.9. The van der Waals surface area contributed by atoms with Gasteiger partial charge in [-0.1, -0.05) is 32.0 Å². The van der Waals surface area contributed by atoms with E-state index in [2.05, 4.69) is 55.5 Å². The molecule has 0 saturated heterocycles. The number of rotatable bonds is 5. The van der Waals surface area contributed by atoms with Crippen LogP contribution in [0.1, 0.15) is 40.4 Å². The van der Waals surface area contributed by atoms with Crippen molar-refractivity contribution in [1.29, 1.82) is 0 Å². The summed E-state index contributed by atoms with van der Waals surface area (Å²) in [5, 5.41) is 15.7. The molecule has 1 aromatic heterocycles. The maximum atomic E-state index is 4.20. The Bertz CT molecular complexity index is 566. The third kappa shape index (κ3) is 4.63. The van der Waals surface area contributed by atoms with E-state index in [1.165, 1.54) is 0 Å². The van der Waals surface area contributed by atoms with Gasteiger partial charge in [0.1, 0.15) is 0 Å². The Balaban J connectivity index is 2.12. The molecule has 0 radical (unpaired) electrons. The molecule has 0 aliphatic heterocycles. The van der Waals surface area contributed by atoms with Crippen molar-refractivity contribution in [3.05, 3.63) is 36.2 Å². The average Bonchev–Trinajstić information content (AvgIpc) is 2.84. The first-order valence-electron chi connectivity index (χ1n) is 7.35. The van der Waals surface area contributed by atoms with E-state index in [0.717, 1.165) is 24.5 Å². The van der Waals surface area contributed by atoms with E-state index in [1.807, 2.05) is 35.0 Å². The van der Waals surface area contributed by atoms with Gasteiger partial charge in [-0.3, -0.25) is 0 Å². The number of hydrogen-bond donors (Lipinski definition) is 1. The molecule has 0 aliphatic rings. The van der Waals surface area contributed by atoms with E-state index in [4.69, 9.17) is 0 Å². The molecule has 0 aliphatic carbocycles. The van der Waals surface area contributed by atoms with Gasteiger partial charge in [0.25, 0.3) is 0 Å². The van der Waals surface area contributed by atoms with Crippen LogP contribution < -0.4 is 5.32 Å². The first-order chi connectivity index (χ1) is 9.77. The second-order valence-electron chi connectivity index (χ2n) is 7.29. The number of benzene rings is 1. The molecule has 21 heavy (non-hydrogen) atoms. The van der Waals surface area contributed by atoms with Crippen LogP contribution in [0.25, 0.3) is 5.69 Å². The predicted molar refractivity (Wildman–Crippen MR) is 84.4 cm³/mol.